The number of nitrogens with one attached hydrogen (secondary N) is 2. The van der Waals surface area contributed by atoms with Gasteiger partial charge in [-0.3, -0.25) is 4.98 Å². The maximum absolute atomic E-state index is 12.4. The number of rotatable bonds is 8. The summed E-state index contributed by atoms with van der Waals surface area (Å²) < 4.78 is 23.8. The molecule has 0 bridgehead atoms. The van der Waals surface area contributed by atoms with Crippen molar-refractivity contribution in [3.8, 4) is 11.1 Å². The zero-order valence-electron chi connectivity index (χ0n) is 20.1. The SMILES string of the molecule is [C-]#[N+]c1cc(-c2c(Cl)cc(NC(=O)NCc3ccc(S(=O)(=O)CC)cn3)cc2Cl)ccc1CC(C)C. The number of hydrogen-bond acceptors (Lipinski definition) is 4. The summed E-state index contributed by atoms with van der Waals surface area (Å²) in [5, 5.41) is 6.01. The first-order chi connectivity index (χ1) is 17.0. The summed E-state index contributed by atoms with van der Waals surface area (Å²) in [5.74, 6) is 0.412. The Bertz CT molecular complexity index is 1390. The standard InChI is InChI=1S/C26H26Cl2N4O3S/c1-5-36(34,35)21-9-8-19(30-15-21)14-31-26(33)32-20-12-22(27)25(23(28)13-20)18-7-6-17(10-16(2)3)24(11-18)29-4/h6-9,11-13,15-16H,5,10,14H2,1-3H3,(H2,31,32,33). The van der Waals surface area contributed by atoms with Crippen LogP contribution in [0.4, 0.5) is 16.2 Å². The Balaban J connectivity index is 1.70. The van der Waals surface area contributed by atoms with E-state index >= 15 is 0 Å². The van der Waals surface area contributed by atoms with Crippen molar-refractivity contribution >= 4 is 50.4 Å². The second-order valence-electron chi connectivity index (χ2n) is 8.56. The van der Waals surface area contributed by atoms with Gasteiger partial charge in [-0.2, -0.15) is 0 Å². The number of carbonyl (C=O) groups is 1. The summed E-state index contributed by atoms with van der Waals surface area (Å²) >= 11 is 13.0. The average molecular weight is 545 g/mol. The van der Waals surface area contributed by atoms with E-state index in [4.69, 9.17) is 29.8 Å². The van der Waals surface area contributed by atoms with Gasteiger partial charge in [0.25, 0.3) is 0 Å². The van der Waals surface area contributed by atoms with Gasteiger partial charge in [-0.25, -0.2) is 18.1 Å². The Morgan fingerprint density at radius 3 is 2.36 bits per heavy atom. The molecule has 10 heteroatoms. The Morgan fingerprint density at radius 2 is 1.81 bits per heavy atom. The third-order valence-electron chi connectivity index (χ3n) is 5.39. The molecule has 7 nitrogen and oxygen atoms in total. The predicted octanol–water partition coefficient (Wildman–Crippen LogP) is 6.92. The van der Waals surface area contributed by atoms with E-state index in [1.807, 2.05) is 12.1 Å². The quantitative estimate of drug-likeness (QED) is 0.301. The molecule has 0 atom stereocenters. The summed E-state index contributed by atoms with van der Waals surface area (Å²) in [5.41, 5.74) is 3.73. The minimum atomic E-state index is -3.33. The van der Waals surface area contributed by atoms with Gasteiger partial charge in [-0.05, 0) is 53.8 Å². The second kappa shape index (κ2) is 11.7. The maximum atomic E-state index is 12.4. The van der Waals surface area contributed by atoms with Crippen LogP contribution >= 0.6 is 23.2 Å². The smallest absolute Gasteiger partial charge is 0.319 e. The maximum Gasteiger partial charge on any atom is 0.319 e. The molecule has 3 rings (SSSR count). The summed E-state index contributed by atoms with van der Waals surface area (Å²) in [7, 11) is -3.33. The van der Waals surface area contributed by atoms with E-state index in [-0.39, 0.29) is 17.2 Å². The van der Waals surface area contributed by atoms with Crippen molar-refractivity contribution in [2.45, 2.75) is 38.6 Å². The normalized spacial score (nSPS) is 11.2. The molecule has 0 aliphatic rings. The van der Waals surface area contributed by atoms with Crippen LogP contribution in [0.25, 0.3) is 16.0 Å². The molecular weight excluding hydrogens is 519 g/mol. The molecule has 2 amide bonds. The molecule has 0 spiro atoms. The van der Waals surface area contributed by atoms with E-state index in [0.717, 1.165) is 17.5 Å². The van der Waals surface area contributed by atoms with Gasteiger partial charge in [-0.15, -0.1) is 0 Å². The molecule has 0 radical (unpaired) electrons. The van der Waals surface area contributed by atoms with Crippen LogP contribution in [0.1, 0.15) is 32.0 Å². The molecule has 1 heterocycles. The molecule has 0 saturated heterocycles. The van der Waals surface area contributed by atoms with Crippen molar-refractivity contribution in [2.24, 2.45) is 5.92 Å². The first kappa shape index (κ1) is 27.5. The molecule has 0 aliphatic heterocycles. The van der Waals surface area contributed by atoms with E-state index in [0.29, 0.717) is 38.6 Å². The Hall–Kier alpha value is -3.12. The van der Waals surface area contributed by atoms with Crippen LogP contribution in [-0.4, -0.2) is 25.2 Å². The summed E-state index contributed by atoms with van der Waals surface area (Å²) in [6.45, 7) is 13.4. The lowest BCUT2D eigenvalue weighted by atomic mass is 9.97. The molecule has 0 aliphatic carbocycles. The topological polar surface area (TPSA) is 92.5 Å². The second-order valence-corrected chi connectivity index (χ2v) is 11.7. The average Bonchev–Trinajstić information content (AvgIpc) is 2.83. The van der Waals surface area contributed by atoms with Crippen molar-refractivity contribution in [2.75, 3.05) is 11.1 Å². The van der Waals surface area contributed by atoms with Crippen LogP contribution < -0.4 is 10.6 Å². The van der Waals surface area contributed by atoms with Gasteiger partial charge in [0.1, 0.15) is 0 Å². The van der Waals surface area contributed by atoms with Crippen molar-refractivity contribution in [1.29, 1.82) is 0 Å². The monoisotopic (exact) mass is 544 g/mol. The molecule has 2 aromatic carbocycles. The molecule has 0 saturated carbocycles. The van der Waals surface area contributed by atoms with E-state index in [1.54, 1.807) is 31.2 Å². The highest BCUT2D eigenvalue weighted by molar-refractivity contribution is 7.91. The van der Waals surface area contributed by atoms with Crippen LogP contribution in [0, 0.1) is 12.5 Å². The van der Waals surface area contributed by atoms with Crippen molar-refractivity contribution in [3.63, 3.8) is 0 Å². The van der Waals surface area contributed by atoms with Crippen molar-refractivity contribution < 1.29 is 13.2 Å². The zero-order chi connectivity index (χ0) is 26.5. The minimum absolute atomic E-state index is 0.0112. The Morgan fingerprint density at radius 1 is 1.11 bits per heavy atom. The number of amides is 2. The summed E-state index contributed by atoms with van der Waals surface area (Å²) in [6.07, 6.45) is 2.08. The van der Waals surface area contributed by atoms with E-state index in [2.05, 4.69) is 34.3 Å². The molecule has 3 aromatic rings. The highest BCUT2D eigenvalue weighted by atomic mass is 35.5. The lowest BCUT2D eigenvalue weighted by Crippen LogP contribution is -2.28. The van der Waals surface area contributed by atoms with Crippen molar-refractivity contribution in [1.82, 2.24) is 10.3 Å². The van der Waals surface area contributed by atoms with Gasteiger partial charge >= 0.3 is 6.03 Å². The van der Waals surface area contributed by atoms with E-state index in [1.165, 1.54) is 12.3 Å². The number of sulfone groups is 1. The fourth-order valence-corrected chi connectivity index (χ4v) is 5.10. The molecular formula is C26H26Cl2N4O3S. The number of hydrogen-bond donors (Lipinski definition) is 2. The van der Waals surface area contributed by atoms with E-state index in [9.17, 15) is 13.2 Å². The number of carbonyl (C=O) groups excluding carboxylic acids is 1. The number of pyridine rings is 1. The number of aromatic nitrogens is 1. The van der Waals surface area contributed by atoms with Crippen LogP contribution in [-0.2, 0) is 22.8 Å². The van der Waals surface area contributed by atoms with Gasteiger partial charge in [0.15, 0.2) is 15.5 Å². The third kappa shape index (κ3) is 6.76. The lowest BCUT2D eigenvalue weighted by molar-refractivity contribution is 0.251. The fraction of sp³-hybridized carbons (Fsp3) is 0.269. The van der Waals surface area contributed by atoms with E-state index < -0.39 is 15.9 Å². The number of benzene rings is 2. The lowest BCUT2D eigenvalue weighted by Gasteiger charge is -2.14. The first-order valence-electron chi connectivity index (χ1n) is 11.3. The van der Waals surface area contributed by atoms with Gasteiger partial charge < -0.3 is 10.6 Å². The summed E-state index contributed by atoms with van der Waals surface area (Å²) in [6, 6.07) is 11.3. The zero-order valence-corrected chi connectivity index (χ0v) is 22.4. The highest BCUT2D eigenvalue weighted by Gasteiger charge is 2.15. The Labute approximate surface area is 221 Å². The van der Waals surface area contributed by atoms with Crippen LogP contribution in [0.2, 0.25) is 10.0 Å². The first-order valence-corrected chi connectivity index (χ1v) is 13.7. The van der Waals surface area contributed by atoms with Crippen LogP contribution in [0.3, 0.4) is 0 Å². The molecule has 188 valence electrons. The Kier molecular flexibility index (Phi) is 8.96. The van der Waals surface area contributed by atoms with Crippen LogP contribution in [0.5, 0.6) is 0 Å². The van der Waals surface area contributed by atoms with Crippen LogP contribution in [0.15, 0.2) is 53.6 Å². The fourth-order valence-electron chi connectivity index (χ4n) is 3.57. The van der Waals surface area contributed by atoms with Gasteiger partial charge in [0.2, 0.25) is 0 Å². The molecule has 0 unspecified atom stereocenters. The number of nitrogens with zero attached hydrogens (tertiary/aromatic N) is 2. The predicted molar refractivity (Wildman–Crippen MR) is 145 cm³/mol. The molecule has 1 aromatic heterocycles. The summed E-state index contributed by atoms with van der Waals surface area (Å²) in [4.78, 5) is 20.3. The molecule has 36 heavy (non-hydrogen) atoms. The highest BCUT2D eigenvalue weighted by Crippen LogP contribution is 2.39. The van der Waals surface area contributed by atoms with Gasteiger partial charge in [0.05, 0.1) is 39.5 Å². The number of urea groups is 1. The molecule has 2 N–H and O–H groups in total. The van der Waals surface area contributed by atoms with Gasteiger partial charge in [-0.1, -0.05) is 56.1 Å². The molecule has 0 fully saturated rings. The minimum Gasteiger partial charge on any atom is -0.332 e. The largest absolute Gasteiger partial charge is 0.332 e. The number of anilines is 1. The van der Waals surface area contributed by atoms with Crippen molar-refractivity contribution in [3.05, 3.63) is 81.4 Å². The third-order valence-corrected chi connectivity index (χ3v) is 7.71. The number of halogens is 2. The van der Waals surface area contributed by atoms with Gasteiger partial charge in [0, 0.05) is 17.4 Å².